The Kier molecular flexibility index (Phi) is 4.58. The average molecular weight is 165 g/mol. The lowest BCUT2D eigenvalue weighted by atomic mass is 10.1. The molecule has 6 N–H and O–H groups in total. The van der Waals surface area contributed by atoms with E-state index in [1.165, 1.54) is 0 Å². The minimum absolute atomic E-state index is 0.322. The highest BCUT2D eigenvalue weighted by Crippen LogP contribution is 1.98. The van der Waals surface area contributed by atoms with Gasteiger partial charge in [0.2, 0.25) is 0 Å². The molecule has 0 bridgehead atoms. The van der Waals surface area contributed by atoms with Gasteiger partial charge in [-0.05, 0) is 0 Å². The van der Waals surface area contributed by atoms with Crippen molar-refractivity contribution < 1.29 is 24.9 Å². The van der Waals surface area contributed by atoms with Crippen molar-refractivity contribution >= 4 is 7.32 Å². The molecule has 7 heteroatoms. The first kappa shape index (κ1) is 10.8. The first-order valence-corrected chi connectivity index (χ1v) is 3.02. The van der Waals surface area contributed by atoms with Crippen molar-refractivity contribution in [2.45, 2.75) is 5.54 Å². The maximum absolute atomic E-state index is 8.57. The largest absolute Gasteiger partial charge is 0.633 e. The fourth-order valence-electron chi connectivity index (χ4n) is 0.382. The third-order valence-electron chi connectivity index (χ3n) is 1.15. The molecule has 0 saturated carbocycles. The number of aliphatic hydroxyl groups is 2. The fraction of sp³-hybridized carbons (Fsp3) is 1.00. The molecule has 66 valence electrons. The molecular formula is C4H12BNO5. The number of aliphatic hydroxyl groups excluding tert-OH is 2. The molecule has 0 atom stereocenters. The predicted molar refractivity (Wildman–Crippen MR) is 37.2 cm³/mol. The normalized spacial score (nSPS) is 11.7. The maximum Gasteiger partial charge on any atom is 0.633 e. The third kappa shape index (κ3) is 4.30. The van der Waals surface area contributed by atoms with Gasteiger partial charge >= 0.3 is 7.32 Å². The molecule has 0 saturated heterocycles. The molecule has 0 aromatic rings. The van der Waals surface area contributed by atoms with Crippen LogP contribution in [0.1, 0.15) is 0 Å². The lowest BCUT2D eigenvalue weighted by molar-refractivity contribution is 0.0583. The zero-order valence-electron chi connectivity index (χ0n) is 5.97. The van der Waals surface area contributed by atoms with Gasteiger partial charge in [-0.15, -0.1) is 0 Å². The molecule has 0 radical (unpaired) electrons. The highest BCUT2D eigenvalue weighted by Gasteiger charge is 2.25. The summed E-state index contributed by atoms with van der Waals surface area (Å²) in [5.41, 5.74) is 3.98. The van der Waals surface area contributed by atoms with Crippen LogP contribution in [0.4, 0.5) is 0 Å². The molecule has 0 fully saturated rings. The predicted octanol–water partition coefficient (Wildman–Crippen LogP) is -3.35. The number of rotatable bonds is 5. The van der Waals surface area contributed by atoms with E-state index in [0.29, 0.717) is 0 Å². The Bertz CT molecular complexity index is 107. The summed E-state index contributed by atoms with van der Waals surface area (Å²) in [7, 11) is -1.93. The van der Waals surface area contributed by atoms with E-state index in [9.17, 15) is 0 Å². The Morgan fingerprint density at radius 2 is 1.73 bits per heavy atom. The summed E-state index contributed by atoms with van der Waals surface area (Å²) >= 11 is 0. The van der Waals surface area contributed by atoms with Crippen molar-refractivity contribution in [3.63, 3.8) is 0 Å². The van der Waals surface area contributed by atoms with Crippen molar-refractivity contribution in [1.29, 1.82) is 0 Å². The lowest BCUT2D eigenvalue weighted by Gasteiger charge is -2.23. The van der Waals surface area contributed by atoms with Crippen LogP contribution in [0.25, 0.3) is 0 Å². The fourth-order valence-corrected chi connectivity index (χ4v) is 0.382. The van der Waals surface area contributed by atoms with Gasteiger partial charge in [0.05, 0.1) is 25.4 Å². The lowest BCUT2D eigenvalue weighted by Crippen LogP contribution is -2.52. The summed E-state index contributed by atoms with van der Waals surface area (Å²) in [6, 6.07) is 0. The smallest absolute Gasteiger partial charge is 0.402 e. The summed E-state index contributed by atoms with van der Waals surface area (Å²) in [6.07, 6.45) is 0. The van der Waals surface area contributed by atoms with Crippen molar-refractivity contribution in [3.8, 4) is 0 Å². The summed E-state index contributed by atoms with van der Waals surface area (Å²) in [5, 5.41) is 33.6. The van der Waals surface area contributed by atoms with Gasteiger partial charge < -0.3 is 30.6 Å². The molecule has 0 aliphatic rings. The van der Waals surface area contributed by atoms with Gasteiger partial charge in [0.25, 0.3) is 0 Å². The zero-order chi connectivity index (χ0) is 8.91. The van der Waals surface area contributed by atoms with Gasteiger partial charge in [0, 0.05) is 0 Å². The molecular weight excluding hydrogens is 153 g/mol. The minimum atomic E-state index is -1.93. The molecule has 0 aromatic heterocycles. The highest BCUT2D eigenvalue weighted by atomic mass is 16.6. The second-order valence-corrected chi connectivity index (χ2v) is 2.32. The van der Waals surface area contributed by atoms with Gasteiger partial charge in [-0.3, -0.25) is 0 Å². The topological polar surface area (TPSA) is 116 Å². The minimum Gasteiger partial charge on any atom is -0.402 e. The summed E-state index contributed by atoms with van der Waals surface area (Å²) in [5.74, 6) is 0. The third-order valence-corrected chi connectivity index (χ3v) is 1.15. The zero-order valence-corrected chi connectivity index (χ0v) is 5.97. The van der Waals surface area contributed by atoms with Crippen LogP contribution in [0.5, 0.6) is 0 Å². The van der Waals surface area contributed by atoms with E-state index in [1.807, 2.05) is 0 Å². The molecule has 0 heterocycles. The van der Waals surface area contributed by atoms with Crippen LogP contribution in [0, 0.1) is 0 Å². The summed E-state index contributed by atoms with van der Waals surface area (Å²) in [6.45, 7) is -1.30. The molecule has 0 aromatic carbocycles. The number of hydrogen-bond donors (Lipinski definition) is 5. The maximum atomic E-state index is 8.57. The summed E-state index contributed by atoms with van der Waals surface area (Å²) < 4.78 is 4.25. The molecule has 6 nitrogen and oxygen atoms in total. The molecule has 11 heavy (non-hydrogen) atoms. The molecule has 0 spiro atoms. The Hall–Kier alpha value is -0.175. The Morgan fingerprint density at radius 3 is 2.00 bits per heavy atom. The first-order chi connectivity index (χ1) is 5.04. The van der Waals surface area contributed by atoms with Gasteiger partial charge in [-0.1, -0.05) is 0 Å². The van der Waals surface area contributed by atoms with E-state index in [0.717, 1.165) is 0 Å². The molecule has 0 aliphatic heterocycles. The van der Waals surface area contributed by atoms with Crippen LogP contribution >= 0.6 is 0 Å². The van der Waals surface area contributed by atoms with Crippen LogP contribution in [-0.2, 0) is 4.65 Å². The molecule has 0 amide bonds. The van der Waals surface area contributed by atoms with Crippen LogP contribution in [-0.4, -0.2) is 52.9 Å². The average Bonchev–Trinajstić information content (AvgIpc) is 2.00. The van der Waals surface area contributed by atoms with Crippen molar-refractivity contribution in [2.75, 3.05) is 19.8 Å². The van der Waals surface area contributed by atoms with E-state index >= 15 is 0 Å². The van der Waals surface area contributed by atoms with Crippen molar-refractivity contribution in [1.82, 2.24) is 0 Å². The first-order valence-electron chi connectivity index (χ1n) is 3.02. The van der Waals surface area contributed by atoms with Crippen LogP contribution in [0.3, 0.4) is 0 Å². The summed E-state index contributed by atoms with van der Waals surface area (Å²) in [4.78, 5) is 0. The Morgan fingerprint density at radius 1 is 1.27 bits per heavy atom. The van der Waals surface area contributed by atoms with Crippen molar-refractivity contribution in [2.24, 2.45) is 5.73 Å². The Labute approximate surface area is 64.4 Å². The van der Waals surface area contributed by atoms with E-state index in [2.05, 4.69) is 4.65 Å². The SMILES string of the molecule is NC(CO)(CO)COB(O)O. The highest BCUT2D eigenvalue weighted by molar-refractivity contribution is 6.32. The van der Waals surface area contributed by atoms with Crippen LogP contribution in [0.15, 0.2) is 0 Å². The van der Waals surface area contributed by atoms with Crippen molar-refractivity contribution in [3.05, 3.63) is 0 Å². The second kappa shape index (κ2) is 4.65. The number of hydrogen-bond acceptors (Lipinski definition) is 6. The van der Waals surface area contributed by atoms with Gasteiger partial charge in [0.15, 0.2) is 0 Å². The van der Waals surface area contributed by atoms with E-state index in [4.69, 9.17) is 26.0 Å². The van der Waals surface area contributed by atoms with E-state index < -0.39 is 26.1 Å². The van der Waals surface area contributed by atoms with E-state index in [-0.39, 0.29) is 6.61 Å². The molecule has 0 rings (SSSR count). The van der Waals surface area contributed by atoms with Gasteiger partial charge in [0.1, 0.15) is 0 Å². The standard InChI is InChI=1S/C4H12BNO5/c6-4(1-7,2-8)3-11-5(9)10/h7-10H,1-3,6H2. The molecule has 0 aliphatic carbocycles. The quantitative estimate of drug-likeness (QED) is 0.272. The monoisotopic (exact) mass is 165 g/mol. The van der Waals surface area contributed by atoms with Crippen LogP contribution in [0.2, 0.25) is 0 Å². The van der Waals surface area contributed by atoms with E-state index in [1.54, 1.807) is 0 Å². The Balaban J connectivity index is 3.69. The second-order valence-electron chi connectivity index (χ2n) is 2.32. The van der Waals surface area contributed by atoms with Gasteiger partial charge in [-0.25, -0.2) is 0 Å². The van der Waals surface area contributed by atoms with Crippen LogP contribution < -0.4 is 5.73 Å². The number of nitrogens with two attached hydrogens (primary N) is 1. The van der Waals surface area contributed by atoms with Gasteiger partial charge in [-0.2, -0.15) is 0 Å². The molecule has 0 unspecified atom stereocenters.